The van der Waals surface area contributed by atoms with Gasteiger partial charge in [0, 0.05) is 19.1 Å². The van der Waals surface area contributed by atoms with E-state index in [0.29, 0.717) is 0 Å². The third-order valence-corrected chi connectivity index (χ3v) is 4.32. The van der Waals surface area contributed by atoms with Crippen LogP contribution in [0.5, 0.6) is 5.75 Å². The molecule has 0 radical (unpaired) electrons. The maximum atomic E-state index is 5.91. The first kappa shape index (κ1) is 16.3. The van der Waals surface area contributed by atoms with Crippen LogP contribution in [0, 0.1) is 0 Å². The molecule has 0 saturated carbocycles. The number of hydrogen-bond acceptors (Lipinski definition) is 3. The Balaban J connectivity index is 1.74. The lowest BCUT2D eigenvalue weighted by atomic mass is 9.98. The van der Waals surface area contributed by atoms with Crippen LogP contribution in [0.1, 0.15) is 44.6 Å². The number of piperidine rings is 1. The zero-order chi connectivity index (χ0) is 14.9. The van der Waals surface area contributed by atoms with Gasteiger partial charge in [-0.3, -0.25) is 4.90 Å². The second kappa shape index (κ2) is 9.06. The van der Waals surface area contributed by atoms with E-state index in [0.717, 1.165) is 31.5 Å². The molecule has 0 spiro atoms. The third kappa shape index (κ3) is 5.33. The maximum absolute atomic E-state index is 5.91. The fourth-order valence-corrected chi connectivity index (χ4v) is 3.20. The lowest BCUT2D eigenvalue weighted by Gasteiger charge is -2.35. The van der Waals surface area contributed by atoms with Crippen LogP contribution in [0.2, 0.25) is 0 Å². The predicted molar refractivity (Wildman–Crippen MR) is 88.8 cm³/mol. The molecule has 1 saturated heterocycles. The van der Waals surface area contributed by atoms with Crippen molar-refractivity contribution in [2.24, 2.45) is 0 Å². The van der Waals surface area contributed by atoms with Gasteiger partial charge in [-0.05, 0) is 50.6 Å². The summed E-state index contributed by atoms with van der Waals surface area (Å²) in [6.07, 6.45) is 6.73. The van der Waals surface area contributed by atoms with Crippen molar-refractivity contribution in [2.75, 3.05) is 26.7 Å². The first-order valence-electron chi connectivity index (χ1n) is 8.44. The van der Waals surface area contributed by atoms with E-state index in [2.05, 4.69) is 41.4 Å². The molecule has 0 aliphatic carbocycles. The average Bonchev–Trinajstić information content (AvgIpc) is 2.51. The molecule has 1 heterocycles. The summed E-state index contributed by atoms with van der Waals surface area (Å²) in [6, 6.07) is 9.20. The maximum Gasteiger partial charge on any atom is 0.119 e. The van der Waals surface area contributed by atoms with E-state index in [4.69, 9.17) is 4.74 Å². The molecule has 0 aromatic heterocycles. The van der Waals surface area contributed by atoms with Crippen molar-refractivity contribution < 1.29 is 4.74 Å². The SMILES string of the molecule is CCCC1CCCCN1CCOc1ccc(CNC)cc1. The standard InChI is InChI=1S/C18H30N2O/c1-3-6-17-7-4-5-12-20(17)13-14-21-18-10-8-16(9-11-18)15-19-2/h8-11,17,19H,3-7,12-15H2,1-2H3. The van der Waals surface area contributed by atoms with Crippen molar-refractivity contribution in [1.82, 2.24) is 10.2 Å². The van der Waals surface area contributed by atoms with E-state index in [1.165, 1.54) is 44.2 Å². The zero-order valence-corrected chi connectivity index (χ0v) is 13.6. The van der Waals surface area contributed by atoms with E-state index >= 15 is 0 Å². The number of rotatable bonds is 8. The summed E-state index contributed by atoms with van der Waals surface area (Å²) in [4.78, 5) is 2.63. The van der Waals surface area contributed by atoms with Crippen molar-refractivity contribution >= 4 is 0 Å². The molecule has 1 aromatic rings. The Bertz CT molecular complexity index is 389. The molecule has 1 fully saturated rings. The molecule has 1 N–H and O–H groups in total. The lowest BCUT2D eigenvalue weighted by molar-refractivity contribution is 0.116. The molecule has 1 aromatic carbocycles. The summed E-state index contributed by atoms with van der Waals surface area (Å²) in [5.41, 5.74) is 1.30. The first-order chi connectivity index (χ1) is 10.3. The number of ether oxygens (including phenoxy) is 1. The monoisotopic (exact) mass is 290 g/mol. The van der Waals surface area contributed by atoms with Crippen molar-refractivity contribution in [3.63, 3.8) is 0 Å². The summed E-state index contributed by atoms with van der Waals surface area (Å²) in [7, 11) is 1.97. The summed E-state index contributed by atoms with van der Waals surface area (Å²) in [5.74, 6) is 0.985. The summed E-state index contributed by atoms with van der Waals surface area (Å²) < 4.78 is 5.91. The number of benzene rings is 1. The van der Waals surface area contributed by atoms with Gasteiger partial charge in [-0.2, -0.15) is 0 Å². The molecule has 3 nitrogen and oxygen atoms in total. The highest BCUT2D eigenvalue weighted by Crippen LogP contribution is 2.20. The summed E-state index contributed by atoms with van der Waals surface area (Å²) >= 11 is 0. The molecule has 1 unspecified atom stereocenters. The second-order valence-corrected chi connectivity index (χ2v) is 6.00. The van der Waals surface area contributed by atoms with Gasteiger partial charge < -0.3 is 10.1 Å². The van der Waals surface area contributed by atoms with Crippen LogP contribution in [0.3, 0.4) is 0 Å². The number of likely N-dealkylation sites (tertiary alicyclic amines) is 1. The van der Waals surface area contributed by atoms with Crippen LogP contribution in [-0.2, 0) is 6.54 Å². The first-order valence-corrected chi connectivity index (χ1v) is 8.44. The highest BCUT2D eigenvalue weighted by Gasteiger charge is 2.20. The molecule has 0 amide bonds. The highest BCUT2D eigenvalue weighted by molar-refractivity contribution is 5.27. The van der Waals surface area contributed by atoms with Gasteiger partial charge in [-0.25, -0.2) is 0 Å². The molecule has 1 aliphatic rings. The third-order valence-electron chi connectivity index (χ3n) is 4.32. The largest absolute Gasteiger partial charge is 0.492 e. The fraction of sp³-hybridized carbons (Fsp3) is 0.667. The Kier molecular flexibility index (Phi) is 7.04. The van der Waals surface area contributed by atoms with Crippen molar-refractivity contribution in [3.8, 4) is 5.75 Å². The van der Waals surface area contributed by atoms with Gasteiger partial charge >= 0.3 is 0 Å². The lowest BCUT2D eigenvalue weighted by Crippen LogP contribution is -2.41. The minimum Gasteiger partial charge on any atom is -0.492 e. The average molecular weight is 290 g/mol. The number of nitrogens with zero attached hydrogens (tertiary/aromatic N) is 1. The van der Waals surface area contributed by atoms with Crippen molar-refractivity contribution in [3.05, 3.63) is 29.8 Å². The molecule has 21 heavy (non-hydrogen) atoms. The van der Waals surface area contributed by atoms with Crippen LogP contribution >= 0.6 is 0 Å². The molecule has 3 heteroatoms. The van der Waals surface area contributed by atoms with Gasteiger partial charge in [0.05, 0.1) is 0 Å². The van der Waals surface area contributed by atoms with Gasteiger partial charge in [-0.15, -0.1) is 0 Å². The van der Waals surface area contributed by atoms with Crippen LogP contribution in [0.15, 0.2) is 24.3 Å². The molecule has 0 bridgehead atoms. The van der Waals surface area contributed by atoms with E-state index in [9.17, 15) is 0 Å². The topological polar surface area (TPSA) is 24.5 Å². The normalized spacial score (nSPS) is 19.6. The molecule has 1 aliphatic heterocycles. The van der Waals surface area contributed by atoms with Crippen molar-refractivity contribution in [2.45, 2.75) is 51.6 Å². The van der Waals surface area contributed by atoms with Gasteiger partial charge in [-0.1, -0.05) is 31.9 Å². The number of hydrogen-bond donors (Lipinski definition) is 1. The van der Waals surface area contributed by atoms with E-state index < -0.39 is 0 Å². The highest BCUT2D eigenvalue weighted by atomic mass is 16.5. The van der Waals surface area contributed by atoms with E-state index in [1.54, 1.807) is 0 Å². The van der Waals surface area contributed by atoms with Gasteiger partial charge in [0.25, 0.3) is 0 Å². The van der Waals surface area contributed by atoms with Crippen LogP contribution in [-0.4, -0.2) is 37.7 Å². The number of nitrogens with one attached hydrogen (secondary N) is 1. The quantitative estimate of drug-likeness (QED) is 0.794. The van der Waals surface area contributed by atoms with Gasteiger partial charge in [0.1, 0.15) is 12.4 Å². The predicted octanol–water partition coefficient (Wildman–Crippen LogP) is 3.44. The van der Waals surface area contributed by atoms with Gasteiger partial charge in [0.2, 0.25) is 0 Å². The summed E-state index contributed by atoms with van der Waals surface area (Å²) in [6.45, 7) is 6.30. The fourth-order valence-electron chi connectivity index (χ4n) is 3.20. The van der Waals surface area contributed by atoms with Crippen LogP contribution in [0.4, 0.5) is 0 Å². The Morgan fingerprint density at radius 3 is 2.76 bits per heavy atom. The second-order valence-electron chi connectivity index (χ2n) is 6.00. The Hall–Kier alpha value is -1.06. The molecule has 1 atom stereocenters. The van der Waals surface area contributed by atoms with Crippen molar-refractivity contribution in [1.29, 1.82) is 0 Å². The molecular formula is C18H30N2O. The van der Waals surface area contributed by atoms with Gasteiger partial charge in [0.15, 0.2) is 0 Å². The minimum absolute atomic E-state index is 0.783. The molecular weight excluding hydrogens is 260 g/mol. The minimum atomic E-state index is 0.783. The Morgan fingerprint density at radius 1 is 1.24 bits per heavy atom. The zero-order valence-electron chi connectivity index (χ0n) is 13.6. The van der Waals surface area contributed by atoms with E-state index in [1.807, 2.05) is 7.05 Å². The Labute approximate surface area is 129 Å². The summed E-state index contributed by atoms with van der Waals surface area (Å²) in [5, 5.41) is 3.16. The molecule has 2 rings (SSSR count). The van der Waals surface area contributed by atoms with Crippen LogP contribution in [0.25, 0.3) is 0 Å². The smallest absolute Gasteiger partial charge is 0.119 e. The Morgan fingerprint density at radius 2 is 2.05 bits per heavy atom. The molecule has 118 valence electrons. The van der Waals surface area contributed by atoms with Crippen LogP contribution < -0.4 is 10.1 Å². The van der Waals surface area contributed by atoms with E-state index in [-0.39, 0.29) is 0 Å².